The first kappa shape index (κ1) is 13.6. The number of nitrogens with two attached hydrogens (primary N) is 1. The lowest BCUT2D eigenvalue weighted by atomic mass is 10.2. The molecule has 1 fully saturated rings. The molecule has 1 aliphatic heterocycles. The van der Waals surface area contributed by atoms with Crippen LogP contribution >= 0.6 is 11.6 Å². The number of piperazine rings is 1. The minimum atomic E-state index is -0.199. The first-order valence-corrected chi connectivity index (χ1v) is 6.71. The van der Waals surface area contributed by atoms with Crippen molar-refractivity contribution in [3.63, 3.8) is 0 Å². The van der Waals surface area contributed by atoms with Crippen LogP contribution in [0.3, 0.4) is 0 Å². The highest BCUT2D eigenvalue weighted by molar-refractivity contribution is 6.30. The van der Waals surface area contributed by atoms with Gasteiger partial charge in [-0.2, -0.15) is 0 Å². The lowest BCUT2D eigenvalue weighted by Gasteiger charge is -2.36. The maximum atomic E-state index is 13.7. The molecule has 1 aliphatic rings. The van der Waals surface area contributed by atoms with Gasteiger partial charge in [-0.05, 0) is 37.7 Å². The van der Waals surface area contributed by atoms with Gasteiger partial charge in [0.2, 0.25) is 0 Å². The van der Waals surface area contributed by atoms with Gasteiger partial charge >= 0.3 is 0 Å². The third-order valence-electron chi connectivity index (χ3n) is 3.30. The third kappa shape index (κ3) is 3.34. The van der Waals surface area contributed by atoms with Crippen LogP contribution < -0.4 is 10.6 Å². The Morgan fingerprint density at radius 2 is 1.94 bits per heavy atom. The Balaban J connectivity index is 1.94. The summed E-state index contributed by atoms with van der Waals surface area (Å²) in [4.78, 5) is 4.42. The summed E-state index contributed by atoms with van der Waals surface area (Å²) >= 11 is 5.92. The van der Waals surface area contributed by atoms with Crippen molar-refractivity contribution in [2.75, 3.05) is 44.2 Å². The number of hydrogen-bond acceptors (Lipinski definition) is 3. The fraction of sp³-hybridized carbons (Fsp3) is 0.538. The molecule has 18 heavy (non-hydrogen) atoms. The normalized spacial score (nSPS) is 17.2. The monoisotopic (exact) mass is 271 g/mol. The van der Waals surface area contributed by atoms with E-state index in [2.05, 4.69) is 9.80 Å². The highest BCUT2D eigenvalue weighted by atomic mass is 35.5. The summed E-state index contributed by atoms with van der Waals surface area (Å²) in [7, 11) is 0. The average molecular weight is 272 g/mol. The summed E-state index contributed by atoms with van der Waals surface area (Å²) in [6.45, 7) is 5.33. The van der Waals surface area contributed by atoms with Crippen LogP contribution in [0.1, 0.15) is 6.42 Å². The number of nitrogens with zero attached hydrogens (tertiary/aromatic N) is 2. The summed E-state index contributed by atoms with van der Waals surface area (Å²) in [5, 5.41) is 0.581. The minimum absolute atomic E-state index is 0.199. The third-order valence-corrected chi connectivity index (χ3v) is 3.53. The van der Waals surface area contributed by atoms with Gasteiger partial charge in [-0.25, -0.2) is 4.39 Å². The second kappa shape index (κ2) is 6.36. The van der Waals surface area contributed by atoms with Crippen molar-refractivity contribution in [2.24, 2.45) is 5.73 Å². The molecule has 3 nitrogen and oxygen atoms in total. The molecule has 2 N–H and O–H groups in total. The standard InChI is InChI=1S/C13H19ClFN3/c14-11-2-3-12(15)13(10-11)18-8-6-17(7-9-18)5-1-4-16/h2-3,10H,1,4-9,16H2. The van der Waals surface area contributed by atoms with Crippen molar-refractivity contribution >= 4 is 17.3 Å². The van der Waals surface area contributed by atoms with E-state index in [4.69, 9.17) is 17.3 Å². The topological polar surface area (TPSA) is 32.5 Å². The van der Waals surface area contributed by atoms with Crippen molar-refractivity contribution in [1.82, 2.24) is 4.90 Å². The van der Waals surface area contributed by atoms with Crippen LogP contribution in [0.2, 0.25) is 5.02 Å². The van der Waals surface area contributed by atoms with Crippen molar-refractivity contribution in [3.8, 4) is 0 Å². The first-order chi connectivity index (χ1) is 8.70. The molecule has 0 atom stereocenters. The minimum Gasteiger partial charge on any atom is -0.367 e. The lowest BCUT2D eigenvalue weighted by Crippen LogP contribution is -2.47. The second-order valence-electron chi connectivity index (χ2n) is 4.57. The van der Waals surface area contributed by atoms with Gasteiger partial charge in [0.1, 0.15) is 5.82 Å². The molecule has 0 amide bonds. The highest BCUT2D eigenvalue weighted by Gasteiger charge is 2.19. The van der Waals surface area contributed by atoms with E-state index in [0.29, 0.717) is 10.7 Å². The number of rotatable bonds is 4. The van der Waals surface area contributed by atoms with E-state index in [1.54, 1.807) is 12.1 Å². The van der Waals surface area contributed by atoms with Gasteiger partial charge in [-0.1, -0.05) is 11.6 Å². The average Bonchev–Trinajstić information content (AvgIpc) is 2.40. The van der Waals surface area contributed by atoms with Gasteiger partial charge in [-0.3, -0.25) is 4.90 Å². The molecule has 0 aliphatic carbocycles. The van der Waals surface area contributed by atoms with Gasteiger partial charge in [0.05, 0.1) is 5.69 Å². The molecule has 1 saturated heterocycles. The Morgan fingerprint density at radius 1 is 1.22 bits per heavy atom. The predicted molar refractivity (Wildman–Crippen MR) is 73.7 cm³/mol. The van der Waals surface area contributed by atoms with E-state index < -0.39 is 0 Å². The molecule has 0 radical (unpaired) electrons. The number of hydrogen-bond donors (Lipinski definition) is 1. The number of anilines is 1. The van der Waals surface area contributed by atoms with Crippen LogP contribution in [0.25, 0.3) is 0 Å². The SMILES string of the molecule is NCCCN1CCN(c2cc(Cl)ccc2F)CC1. The largest absolute Gasteiger partial charge is 0.367 e. The van der Waals surface area contributed by atoms with E-state index in [9.17, 15) is 4.39 Å². The molecule has 1 heterocycles. The number of benzene rings is 1. The van der Waals surface area contributed by atoms with Gasteiger partial charge in [0, 0.05) is 31.2 Å². The zero-order valence-corrected chi connectivity index (χ0v) is 11.2. The van der Waals surface area contributed by atoms with E-state index in [0.717, 1.165) is 45.7 Å². The summed E-state index contributed by atoms with van der Waals surface area (Å²) < 4.78 is 13.7. The van der Waals surface area contributed by atoms with Crippen LogP contribution in [-0.2, 0) is 0 Å². The van der Waals surface area contributed by atoms with Gasteiger partial charge in [0.15, 0.2) is 0 Å². The van der Waals surface area contributed by atoms with Crippen molar-refractivity contribution in [3.05, 3.63) is 29.0 Å². The van der Waals surface area contributed by atoms with Crippen LogP contribution in [0.4, 0.5) is 10.1 Å². The van der Waals surface area contributed by atoms with Crippen LogP contribution in [0.5, 0.6) is 0 Å². The Morgan fingerprint density at radius 3 is 2.61 bits per heavy atom. The fourth-order valence-electron chi connectivity index (χ4n) is 2.26. The van der Waals surface area contributed by atoms with Crippen molar-refractivity contribution < 1.29 is 4.39 Å². The highest BCUT2D eigenvalue weighted by Crippen LogP contribution is 2.24. The Kier molecular flexibility index (Phi) is 4.80. The number of halogens is 2. The zero-order chi connectivity index (χ0) is 13.0. The molecule has 0 unspecified atom stereocenters. The molecular weight excluding hydrogens is 253 g/mol. The molecule has 5 heteroatoms. The van der Waals surface area contributed by atoms with Crippen LogP contribution in [0.15, 0.2) is 18.2 Å². The molecule has 1 aromatic rings. The molecule has 0 spiro atoms. The smallest absolute Gasteiger partial charge is 0.146 e. The Bertz CT molecular complexity index is 392. The molecule has 0 saturated carbocycles. The van der Waals surface area contributed by atoms with E-state index >= 15 is 0 Å². The predicted octanol–water partition coefficient (Wildman–Crippen LogP) is 1.95. The Labute approximate surface area is 112 Å². The maximum absolute atomic E-state index is 13.7. The Hall–Kier alpha value is -0.840. The van der Waals surface area contributed by atoms with E-state index in [-0.39, 0.29) is 5.82 Å². The molecular formula is C13H19ClFN3. The molecule has 0 aromatic heterocycles. The zero-order valence-electron chi connectivity index (χ0n) is 10.4. The van der Waals surface area contributed by atoms with E-state index in [1.807, 2.05) is 0 Å². The molecule has 2 rings (SSSR count). The maximum Gasteiger partial charge on any atom is 0.146 e. The second-order valence-corrected chi connectivity index (χ2v) is 5.00. The summed E-state index contributed by atoms with van der Waals surface area (Å²) in [6, 6.07) is 4.71. The quantitative estimate of drug-likeness (QED) is 0.909. The molecule has 1 aromatic carbocycles. The van der Waals surface area contributed by atoms with Gasteiger partial charge in [-0.15, -0.1) is 0 Å². The summed E-state index contributed by atoms with van der Waals surface area (Å²) in [6.07, 6.45) is 1.02. The fourth-order valence-corrected chi connectivity index (χ4v) is 2.42. The van der Waals surface area contributed by atoms with Crippen molar-refractivity contribution in [1.29, 1.82) is 0 Å². The summed E-state index contributed by atoms with van der Waals surface area (Å²) in [5.41, 5.74) is 6.11. The van der Waals surface area contributed by atoms with E-state index in [1.165, 1.54) is 6.07 Å². The summed E-state index contributed by atoms with van der Waals surface area (Å²) in [5.74, 6) is -0.199. The first-order valence-electron chi connectivity index (χ1n) is 6.33. The lowest BCUT2D eigenvalue weighted by molar-refractivity contribution is 0.256. The van der Waals surface area contributed by atoms with Gasteiger partial charge < -0.3 is 10.6 Å². The van der Waals surface area contributed by atoms with Crippen LogP contribution in [0, 0.1) is 5.82 Å². The van der Waals surface area contributed by atoms with Crippen molar-refractivity contribution in [2.45, 2.75) is 6.42 Å². The molecule has 0 bridgehead atoms. The molecule has 100 valence electrons. The van der Waals surface area contributed by atoms with Crippen LogP contribution in [-0.4, -0.2) is 44.2 Å². The van der Waals surface area contributed by atoms with Gasteiger partial charge in [0.25, 0.3) is 0 Å².